The highest BCUT2D eigenvalue weighted by molar-refractivity contribution is 5.54. The number of anilines is 1. The Bertz CT molecular complexity index is 375. The van der Waals surface area contributed by atoms with Gasteiger partial charge < -0.3 is 14.8 Å². The predicted octanol–water partition coefficient (Wildman–Crippen LogP) is 4.19. The van der Waals surface area contributed by atoms with Crippen molar-refractivity contribution < 1.29 is 9.47 Å². The number of hydrogen-bond donors (Lipinski definition) is 1. The molecule has 1 N–H and O–H groups in total. The number of benzene rings is 1. The molecule has 19 heavy (non-hydrogen) atoms. The van der Waals surface area contributed by atoms with Gasteiger partial charge in [-0.15, -0.1) is 0 Å². The van der Waals surface area contributed by atoms with E-state index in [4.69, 9.17) is 9.47 Å². The van der Waals surface area contributed by atoms with Crippen LogP contribution in [0.1, 0.15) is 34.6 Å². The Morgan fingerprint density at radius 3 is 2.05 bits per heavy atom. The molecule has 0 saturated heterocycles. The van der Waals surface area contributed by atoms with Crippen LogP contribution in [0.15, 0.2) is 18.2 Å². The predicted molar refractivity (Wildman–Crippen MR) is 81.3 cm³/mol. The van der Waals surface area contributed by atoms with Gasteiger partial charge in [0.15, 0.2) is 11.5 Å². The summed E-state index contributed by atoms with van der Waals surface area (Å²) in [5, 5.41) is 3.29. The van der Waals surface area contributed by atoms with E-state index in [1.165, 1.54) is 0 Å². The maximum Gasteiger partial charge on any atom is 0.163 e. The van der Waals surface area contributed by atoms with E-state index in [9.17, 15) is 0 Å². The number of hydrogen-bond acceptors (Lipinski definition) is 3. The first-order valence-electron chi connectivity index (χ1n) is 7.16. The van der Waals surface area contributed by atoms with Gasteiger partial charge in [0.05, 0.1) is 13.2 Å². The molecule has 1 aromatic rings. The minimum Gasteiger partial charge on any atom is -0.489 e. The lowest BCUT2D eigenvalue weighted by Gasteiger charge is -2.16. The van der Waals surface area contributed by atoms with Crippen LogP contribution in [0.25, 0.3) is 0 Å². The maximum atomic E-state index is 5.85. The topological polar surface area (TPSA) is 30.5 Å². The zero-order valence-electron chi connectivity index (χ0n) is 12.8. The Hall–Kier alpha value is -1.38. The van der Waals surface area contributed by atoms with Crippen molar-refractivity contribution in [2.75, 3.05) is 25.1 Å². The van der Waals surface area contributed by atoms with E-state index in [0.717, 1.165) is 23.7 Å². The van der Waals surface area contributed by atoms with E-state index in [2.05, 4.69) is 39.9 Å². The average molecular weight is 265 g/mol. The van der Waals surface area contributed by atoms with Crippen molar-refractivity contribution in [2.45, 2.75) is 34.6 Å². The van der Waals surface area contributed by atoms with Gasteiger partial charge in [-0.3, -0.25) is 0 Å². The summed E-state index contributed by atoms with van der Waals surface area (Å²) in [7, 11) is 0. The van der Waals surface area contributed by atoms with Gasteiger partial charge in [0.2, 0.25) is 0 Å². The maximum absolute atomic E-state index is 5.85. The molecule has 0 aromatic heterocycles. The molecule has 0 fully saturated rings. The minimum absolute atomic E-state index is 0.501. The molecule has 1 aromatic carbocycles. The van der Waals surface area contributed by atoms with Gasteiger partial charge in [-0.2, -0.15) is 0 Å². The van der Waals surface area contributed by atoms with Gasteiger partial charge in [0.1, 0.15) is 0 Å². The summed E-state index contributed by atoms with van der Waals surface area (Å²) in [6.07, 6.45) is 0. The largest absolute Gasteiger partial charge is 0.489 e. The van der Waals surface area contributed by atoms with E-state index in [0.29, 0.717) is 25.0 Å². The van der Waals surface area contributed by atoms with Crippen molar-refractivity contribution in [1.29, 1.82) is 0 Å². The van der Waals surface area contributed by atoms with Crippen LogP contribution in [0.5, 0.6) is 11.5 Å². The van der Waals surface area contributed by atoms with Crippen LogP contribution in [0.2, 0.25) is 0 Å². The van der Waals surface area contributed by atoms with Crippen molar-refractivity contribution in [3.05, 3.63) is 18.2 Å². The average Bonchev–Trinajstić information content (AvgIpc) is 2.35. The molecule has 0 unspecified atom stereocenters. The van der Waals surface area contributed by atoms with Gasteiger partial charge in [0.25, 0.3) is 0 Å². The molecule has 0 amide bonds. The van der Waals surface area contributed by atoms with Gasteiger partial charge in [-0.25, -0.2) is 0 Å². The number of ether oxygens (including phenoxy) is 2. The third-order valence-corrected chi connectivity index (χ3v) is 2.47. The van der Waals surface area contributed by atoms with E-state index >= 15 is 0 Å². The standard InChI is InChI=1S/C16H27NO2/c1-6-17-14-7-8-15(18-10-12(2)3)16(9-14)19-11-13(4)5/h7-9,12-13,17H,6,10-11H2,1-5H3. The van der Waals surface area contributed by atoms with E-state index < -0.39 is 0 Å². The van der Waals surface area contributed by atoms with Crippen molar-refractivity contribution >= 4 is 5.69 Å². The van der Waals surface area contributed by atoms with Crippen LogP contribution in [-0.2, 0) is 0 Å². The molecule has 0 radical (unpaired) electrons. The monoisotopic (exact) mass is 265 g/mol. The molecule has 108 valence electrons. The first kappa shape index (κ1) is 15.7. The summed E-state index contributed by atoms with van der Waals surface area (Å²) >= 11 is 0. The van der Waals surface area contributed by atoms with E-state index in [1.807, 2.05) is 18.2 Å². The Labute approximate surface area is 117 Å². The SMILES string of the molecule is CCNc1ccc(OCC(C)C)c(OCC(C)C)c1. The fourth-order valence-corrected chi connectivity index (χ4v) is 1.57. The first-order valence-corrected chi connectivity index (χ1v) is 7.16. The molecule has 0 aliphatic rings. The molecule has 0 spiro atoms. The zero-order valence-corrected chi connectivity index (χ0v) is 12.8. The second kappa shape index (κ2) is 7.93. The Morgan fingerprint density at radius 2 is 1.53 bits per heavy atom. The molecule has 0 saturated carbocycles. The lowest BCUT2D eigenvalue weighted by atomic mass is 10.2. The second-order valence-electron chi connectivity index (χ2n) is 5.60. The third kappa shape index (κ3) is 5.86. The molecular formula is C16H27NO2. The van der Waals surface area contributed by atoms with Gasteiger partial charge >= 0.3 is 0 Å². The highest BCUT2D eigenvalue weighted by Crippen LogP contribution is 2.31. The van der Waals surface area contributed by atoms with Gasteiger partial charge in [0, 0.05) is 18.3 Å². The summed E-state index contributed by atoms with van der Waals surface area (Å²) in [5.74, 6) is 2.66. The summed E-state index contributed by atoms with van der Waals surface area (Å²) in [4.78, 5) is 0. The Kier molecular flexibility index (Phi) is 6.54. The highest BCUT2D eigenvalue weighted by Gasteiger charge is 2.08. The number of rotatable bonds is 8. The summed E-state index contributed by atoms with van der Waals surface area (Å²) in [6.45, 7) is 13.0. The van der Waals surface area contributed by atoms with Gasteiger partial charge in [-0.05, 0) is 30.9 Å². The van der Waals surface area contributed by atoms with E-state index in [-0.39, 0.29) is 0 Å². The zero-order chi connectivity index (χ0) is 14.3. The minimum atomic E-state index is 0.501. The second-order valence-corrected chi connectivity index (χ2v) is 5.60. The van der Waals surface area contributed by atoms with Gasteiger partial charge in [-0.1, -0.05) is 27.7 Å². The molecule has 1 rings (SSSR count). The lowest BCUT2D eigenvalue weighted by molar-refractivity contribution is 0.229. The van der Waals surface area contributed by atoms with Crippen LogP contribution < -0.4 is 14.8 Å². The number of nitrogens with one attached hydrogen (secondary N) is 1. The fourth-order valence-electron chi connectivity index (χ4n) is 1.57. The molecule has 0 bridgehead atoms. The smallest absolute Gasteiger partial charge is 0.163 e. The molecule has 0 heterocycles. The highest BCUT2D eigenvalue weighted by atomic mass is 16.5. The molecule has 3 heteroatoms. The normalized spacial score (nSPS) is 10.9. The molecular weight excluding hydrogens is 238 g/mol. The molecule has 0 aliphatic heterocycles. The van der Waals surface area contributed by atoms with Crippen molar-refractivity contribution in [1.82, 2.24) is 0 Å². The first-order chi connectivity index (χ1) is 9.02. The van der Waals surface area contributed by atoms with Crippen LogP contribution >= 0.6 is 0 Å². The van der Waals surface area contributed by atoms with Crippen LogP contribution in [0.3, 0.4) is 0 Å². The molecule has 0 atom stereocenters. The van der Waals surface area contributed by atoms with Crippen molar-refractivity contribution in [3.8, 4) is 11.5 Å². The molecule has 0 aliphatic carbocycles. The third-order valence-electron chi connectivity index (χ3n) is 2.47. The summed E-state index contributed by atoms with van der Waals surface area (Å²) < 4.78 is 11.7. The van der Waals surface area contributed by atoms with Crippen LogP contribution in [0.4, 0.5) is 5.69 Å². The Balaban J connectivity index is 2.80. The lowest BCUT2D eigenvalue weighted by Crippen LogP contribution is -2.09. The van der Waals surface area contributed by atoms with Crippen molar-refractivity contribution in [3.63, 3.8) is 0 Å². The van der Waals surface area contributed by atoms with Crippen LogP contribution in [-0.4, -0.2) is 19.8 Å². The Morgan fingerprint density at radius 1 is 0.947 bits per heavy atom. The fraction of sp³-hybridized carbons (Fsp3) is 0.625. The summed E-state index contributed by atoms with van der Waals surface area (Å²) in [5.41, 5.74) is 1.07. The van der Waals surface area contributed by atoms with E-state index in [1.54, 1.807) is 0 Å². The van der Waals surface area contributed by atoms with Crippen molar-refractivity contribution in [2.24, 2.45) is 11.8 Å². The quantitative estimate of drug-likeness (QED) is 0.764. The molecule has 3 nitrogen and oxygen atoms in total. The van der Waals surface area contributed by atoms with Crippen LogP contribution in [0, 0.1) is 11.8 Å². The summed E-state index contributed by atoms with van der Waals surface area (Å²) in [6, 6.07) is 6.03.